The third-order valence-electron chi connectivity index (χ3n) is 4.70. The van der Waals surface area contributed by atoms with Gasteiger partial charge in [-0.3, -0.25) is 14.4 Å². The van der Waals surface area contributed by atoms with Crippen molar-refractivity contribution in [3.05, 3.63) is 48.0 Å². The highest BCUT2D eigenvalue weighted by Gasteiger charge is 2.23. The van der Waals surface area contributed by atoms with E-state index in [0.717, 1.165) is 4.90 Å². The lowest BCUT2D eigenvalue weighted by atomic mass is 10.2. The predicted octanol–water partition coefficient (Wildman–Crippen LogP) is -0.0907. The minimum absolute atomic E-state index is 0.0678. The fourth-order valence-electron chi connectivity index (χ4n) is 3.21. The van der Waals surface area contributed by atoms with Gasteiger partial charge >= 0.3 is 0 Å². The van der Waals surface area contributed by atoms with Crippen molar-refractivity contribution in [2.45, 2.75) is 0 Å². The third kappa shape index (κ3) is 5.26. The van der Waals surface area contributed by atoms with Gasteiger partial charge in [0.25, 0.3) is 17.7 Å². The molecule has 0 spiro atoms. The summed E-state index contributed by atoms with van der Waals surface area (Å²) in [6, 6.07) is 12.0. The lowest BCUT2D eigenvalue weighted by Gasteiger charge is -2.23. The average molecular weight is 413 g/mol. The van der Waals surface area contributed by atoms with E-state index in [-0.39, 0.29) is 30.8 Å². The Morgan fingerprint density at radius 2 is 1.67 bits per heavy atom. The standard InChI is InChI=1S/C21H24N4O5/c1-29-17-11-16(24-21(28)14-6-4-3-5-7-14)18(30-2)10-15(17)23-20(27)13-25-9-8-22-19(26)12-25/h3-7,10-11H,8-9,12-13H2,1-2H3,(H,22,26)(H,23,27)(H,24,28)/p+1. The smallest absolute Gasteiger partial charge is 0.279 e. The lowest BCUT2D eigenvalue weighted by Crippen LogP contribution is -3.16. The first-order valence-electron chi connectivity index (χ1n) is 9.52. The quantitative estimate of drug-likeness (QED) is 0.507. The van der Waals surface area contributed by atoms with Crippen LogP contribution < -0.4 is 30.3 Å². The van der Waals surface area contributed by atoms with E-state index in [1.54, 1.807) is 36.4 Å². The Balaban J connectivity index is 1.74. The summed E-state index contributed by atoms with van der Waals surface area (Å²) < 4.78 is 10.8. The lowest BCUT2D eigenvalue weighted by molar-refractivity contribution is -0.885. The van der Waals surface area contributed by atoms with E-state index < -0.39 is 0 Å². The molecule has 4 N–H and O–H groups in total. The van der Waals surface area contributed by atoms with Crippen molar-refractivity contribution >= 4 is 29.1 Å². The number of amides is 3. The Morgan fingerprint density at radius 3 is 2.27 bits per heavy atom. The summed E-state index contributed by atoms with van der Waals surface area (Å²) in [5, 5.41) is 8.34. The number of quaternary nitrogens is 1. The van der Waals surface area contributed by atoms with Crippen LogP contribution in [0.1, 0.15) is 10.4 Å². The van der Waals surface area contributed by atoms with Crippen LogP contribution >= 0.6 is 0 Å². The molecule has 158 valence electrons. The number of benzene rings is 2. The van der Waals surface area contributed by atoms with Crippen LogP contribution in [0.25, 0.3) is 0 Å². The number of rotatable bonds is 7. The molecule has 0 radical (unpaired) electrons. The summed E-state index contributed by atoms with van der Waals surface area (Å²) >= 11 is 0. The SMILES string of the molecule is COc1cc(NC(=O)c2ccccc2)c(OC)cc1NC(=O)C[NH+]1CCNC(=O)C1. The first-order chi connectivity index (χ1) is 14.5. The second-order valence-corrected chi connectivity index (χ2v) is 6.82. The minimum Gasteiger partial charge on any atom is -0.494 e. The summed E-state index contributed by atoms with van der Waals surface area (Å²) in [5.74, 6) is 0.140. The third-order valence-corrected chi connectivity index (χ3v) is 4.70. The zero-order valence-electron chi connectivity index (χ0n) is 16.9. The predicted molar refractivity (Wildman–Crippen MR) is 111 cm³/mol. The van der Waals surface area contributed by atoms with Crippen molar-refractivity contribution in [3.63, 3.8) is 0 Å². The normalized spacial score (nSPS) is 15.7. The van der Waals surface area contributed by atoms with Gasteiger partial charge in [0.15, 0.2) is 13.1 Å². The van der Waals surface area contributed by atoms with Crippen LogP contribution in [0.5, 0.6) is 11.5 Å². The van der Waals surface area contributed by atoms with E-state index in [9.17, 15) is 14.4 Å². The van der Waals surface area contributed by atoms with Crippen LogP contribution in [-0.4, -0.2) is 58.1 Å². The number of carbonyl (C=O) groups is 3. The van der Waals surface area contributed by atoms with Gasteiger partial charge in [-0.05, 0) is 12.1 Å². The van der Waals surface area contributed by atoms with Crippen LogP contribution in [0.2, 0.25) is 0 Å². The molecule has 1 unspecified atom stereocenters. The van der Waals surface area contributed by atoms with Crippen molar-refractivity contribution in [1.82, 2.24) is 5.32 Å². The average Bonchev–Trinajstić information content (AvgIpc) is 2.74. The largest absolute Gasteiger partial charge is 0.494 e. The van der Waals surface area contributed by atoms with E-state index in [2.05, 4.69) is 16.0 Å². The van der Waals surface area contributed by atoms with E-state index in [4.69, 9.17) is 9.47 Å². The van der Waals surface area contributed by atoms with Gasteiger partial charge in [0.1, 0.15) is 11.5 Å². The Hall–Kier alpha value is -3.59. The summed E-state index contributed by atoms with van der Waals surface area (Å²) in [4.78, 5) is 37.3. The molecule has 0 saturated carbocycles. The molecule has 1 fully saturated rings. The van der Waals surface area contributed by atoms with E-state index in [1.807, 2.05) is 6.07 Å². The molecule has 2 aromatic carbocycles. The van der Waals surface area contributed by atoms with E-state index >= 15 is 0 Å². The molecule has 2 aromatic rings. The maximum absolute atomic E-state index is 12.5. The first-order valence-corrected chi connectivity index (χ1v) is 9.52. The fraction of sp³-hybridized carbons (Fsp3) is 0.286. The molecule has 30 heavy (non-hydrogen) atoms. The number of nitrogens with one attached hydrogen (secondary N) is 4. The molecule has 3 rings (SSSR count). The van der Waals surface area contributed by atoms with Crippen molar-refractivity contribution in [1.29, 1.82) is 0 Å². The van der Waals surface area contributed by atoms with E-state index in [1.165, 1.54) is 14.2 Å². The summed E-state index contributed by atoms with van der Waals surface area (Å²) in [7, 11) is 2.95. The van der Waals surface area contributed by atoms with Crippen LogP contribution in [0, 0.1) is 0 Å². The maximum atomic E-state index is 12.5. The molecule has 0 bridgehead atoms. The zero-order valence-corrected chi connectivity index (χ0v) is 16.9. The topological polar surface area (TPSA) is 110 Å². The van der Waals surface area contributed by atoms with Gasteiger partial charge in [-0.2, -0.15) is 0 Å². The highest BCUT2D eigenvalue weighted by atomic mass is 16.5. The second kappa shape index (κ2) is 9.75. The first kappa shape index (κ1) is 21.1. The van der Waals surface area contributed by atoms with Crippen LogP contribution in [0.15, 0.2) is 42.5 Å². The van der Waals surface area contributed by atoms with Crippen molar-refractivity contribution < 1.29 is 28.8 Å². The number of carbonyl (C=O) groups excluding carboxylic acids is 3. The minimum atomic E-state index is -0.292. The van der Waals surface area contributed by atoms with Crippen LogP contribution in [0.4, 0.5) is 11.4 Å². The monoisotopic (exact) mass is 413 g/mol. The molecule has 0 aliphatic carbocycles. The highest BCUT2D eigenvalue weighted by Crippen LogP contribution is 2.36. The molecule has 0 aromatic heterocycles. The Morgan fingerprint density at radius 1 is 1.03 bits per heavy atom. The van der Waals surface area contributed by atoms with Gasteiger partial charge in [-0.1, -0.05) is 18.2 Å². The molecule has 3 amide bonds. The molecule has 9 heteroatoms. The molecule has 9 nitrogen and oxygen atoms in total. The number of ether oxygens (including phenoxy) is 2. The molecule has 1 aliphatic heterocycles. The fourth-order valence-corrected chi connectivity index (χ4v) is 3.21. The Bertz CT molecular complexity index is 932. The maximum Gasteiger partial charge on any atom is 0.279 e. The van der Waals surface area contributed by atoms with Crippen LogP contribution in [0.3, 0.4) is 0 Å². The second-order valence-electron chi connectivity index (χ2n) is 6.82. The zero-order chi connectivity index (χ0) is 21.5. The number of hydrogen-bond acceptors (Lipinski definition) is 5. The van der Waals surface area contributed by atoms with Gasteiger partial charge in [0.05, 0.1) is 38.7 Å². The number of methoxy groups -OCH3 is 2. The van der Waals surface area contributed by atoms with Crippen molar-refractivity contribution in [2.24, 2.45) is 0 Å². The van der Waals surface area contributed by atoms with Gasteiger partial charge < -0.3 is 30.3 Å². The highest BCUT2D eigenvalue weighted by molar-refractivity contribution is 6.05. The Kier molecular flexibility index (Phi) is 6.87. The number of piperazine rings is 1. The van der Waals surface area contributed by atoms with Gasteiger partial charge in [-0.15, -0.1) is 0 Å². The Labute approximate surface area is 174 Å². The van der Waals surface area contributed by atoms with E-state index in [0.29, 0.717) is 41.5 Å². The molecule has 1 heterocycles. The molecule has 1 aliphatic rings. The van der Waals surface area contributed by atoms with Crippen LogP contribution in [-0.2, 0) is 9.59 Å². The number of anilines is 2. The van der Waals surface area contributed by atoms with Crippen molar-refractivity contribution in [2.75, 3.05) is 51.0 Å². The summed E-state index contributed by atoms with van der Waals surface area (Å²) in [6.45, 7) is 1.65. The van der Waals surface area contributed by atoms with Gasteiger partial charge in [-0.25, -0.2) is 0 Å². The summed E-state index contributed by atoms with van der Waals surface area (Å²) in [5.41, 5.74) is 1.34. The molecule has 1 saturated heterocycles. The van der Waals surface area contributed by atoms with Gasteiger partial charge in [0.2, 0.25) is 0 Å². The van der Waals surface area contributed by atoms with Gasteiger partial charge in [0, 0.05) is 17.7 Å². The number of hydrogen-bond donors (Lipinski definition) is 4. The molecular weight excluding hydrogens is 388 g/mol. The van der Waals surface area contributed by atoms with Crippen molar-refractivity contribution in [3.8, 4) is 11.5 Å². The molecule has 1 atom stereocenters. The summed E-state index contributed by atoms with van der Waals surface area (Å²) in [6.07, 6.45) is 0. The molecular formula is C21H25N4O5+.